The van der Waals surface area contributed by atoms with Gasteiger partial charge >= 0.3 is 0 Å². The van der Waals surface area contributed by atoms with Gasteiger partial charge in [-0.2, -0.15) is 5.10 Å². The first-order chi connectivity index (χ1) is 14.5. The van der Waals surface area contributed by atoms with Gasteiger partial charge in [0.15, 0.2) is 5.16 Å². The molecule has 9 heteroatoms. The fourth-order valence-corrected chi connectivity index (χ4v) is 5.25. The number of likely N-dealkylation sites (tertiary alicyclic amines) is 1. The van der Waals surface area contributed by atoms with Crippen LogP contribution in [0.3, 0.4) is 0 Å². The summed E-state index contributed by atoms with van der Waals surface area (Å²) >= 11 is 3.25. The summed E-state index contributed by atoms with van der Waals surface area (Å²) in [4.78, 5) is 20.2. The van der Waals surface area contributed by atoms with Gasteiger partial charge in [-0.25, -0.2) is 9.67 Å². The van der Waals surface area contributed by atoms with Crippen LogP contribution in [0.4, 0.5) is 0 Å². The number of nitrogens with zero attached hydrogens (tertiary/aromatic N) is 5. The molecule has 0 aliphatic carbocycles. The number of aliphatic hydroxyl groups is 1. The molecule has 0 saturated carbocycles. The minimum Gasteiger partial charge on any atom is -0.388 e. The minimum atomic E-state index is -0.920. The van der Waals surface area contributed by atoms with Crippen LogP contribution in [0, 0.1) is 0 Å². The first-order valence-corrected chi connectivity index (χ1v) is 12.3. The summed E-state index contributed by atoms with van der Waals surface area (Å²) in [6, 6.07) is 7.23. The van der Waals surface area contributed by atoms with Crippen molar-refractivity contribution in [3.05, 3.63) is 51.9 Å². The molecular formula is C21H27N5O2S2. The van der Waals surface area contributed by atoms with Crippen molar-refractivity contribution in [1.82, 2.24) is 24.2 Å². The van der Waals surface area contributed by atoms with Gasteiger partial charge in [0.05, 0.1) is 28.9 Å². The number of thiophene rings is 1. The van der Waals surface area contributed by atoms with Crippen LogP contribution < -0.4 is 5.56 Å². The maximum absolute atomic E-state index is 12.3. The second kappa shape index (κ2) is 9.05. The van der Waals surface area contributed by atoms with Gasteiger partial charge in [-0.15, -0.1) is 11.3 Å². The predicted molar refractivity (Wildman–Crippen MR) is 121 cm³/mol. The van der Waals surface area contributed by atoms with Gasteiger partial charge < -0.3 is 9.67 Å². The van der Waals surface area contributed by atoms with Crippen LogP contribution in [0.1, 0.15) is 25.5 Å². The van der Waals surface area contributed by atoms with E-state index in [4.69, 9.17) is 0 Å². The lowest BCUT2D eigenvalue weighted by atomic mass is 9.91. The lowest BCUT2D eigenvalue weighted by Gasteiger charge is -2.38. The minimum absolute atomic E-state index is 0.178. The number of hydrogen-bond acceptors (Lipinski definition) is 7. The molecule has 4 rings (SSSR count). The molecule has 160 valence electrons. The second-order valence-electron chi connectivity index (χ2n) is 7.67. The van der Waals surface area contributed by atoms with Crippen molar-refractivity contribution in [2.75, 3.05) is 19.3 Å². The van der Waals surface area contributed by atoms with Crippen molar-refractivity contribution in [2.45, 2.75) is 50.2 Å². The van der Waals surface area contributed by atoms with Crippen LogP contribution in [-0.2, 0) is 19.6 Å². The number of thioether (sulfide) groups is 1. The smallest absolute Gasteiger partial charge is 0.266 e. The topological polar surface area (TPSA) is 76.2 Å². The zero-order valence-corrected chi connectivity index (χ0v) is 19.0. The number of rotatable bonds is 7. The summed E-state index contributed by atoms with van der Waals surface area (Å²) in [5, 5.41) is 18.7. The van der Waals surface area contributed by atoms with E-state index in [1.54, 1.807) is 29.2 Å². The molecule has 0 amide bonds. The van der Waals surface area contributed by atoms with Gasteiger partial charge in [0.2, 0.25) is 0 Å². The Morgan fingerprint density at radius 1 is 1.27 bits per heavy atom. The fraction of sp³-hybridized carbons (Fsp3) is 0.476. The molecule has 0 aromatic carbocycles. The highest BCUT2D eigenvalue weighted by Crippen LogP contribution is 2.26. The number of imidazole rings is 1. The molecule has 0 atom stereocenters. The zero-order valence-electron chi connectivity index (χ0n) is 17.3. The van der Waals surface area contributed by atoms with Crippen LogP contribution in [0.5, 0.6) is 0 Å². The standard InChI is InChI=1S/C21H27N5O2S2/c1-3-25-16(13-22-20(25)29-2)14-24-10-8-21(28,9-11-24)15-26-19(27)7-6-17(23-26)18-5-4-12-30-18/h4-7,12-13,28H,3,8-11,14-15H2,1-2H3. The largest absolute Gasteiger partial charge is 0.388 e. The third-order valence-corrected chi connectivity index (χ3v) is 7.24. The lowest BCUT2D eigenvalue weighted by molar-refractivity contribution is -0.0393. The maximum Gasteiger partial charge on any atom is 0.266 e. The molecule has 3 aromatic heterocycles. The van der Waals surface area contributed by atoms with E-state index in [1.165, 1.54) is 16.4 Å². The first-order valence-electron chi connectivity index (χ1n) is 10.2. The SMILES string of the molecule is CCn1c(CN2CCC(O)(Cn3nc(-c4cccs4)ccc3=O)CC2)cnc1SC. The van der Waals surface area contributed by atoms with Crippen molar-refractivity contribution in [1.29, 1.82) is 0 Å². The van der Waals surface area contributed by atoms with Gasteiger partial charge in [0.1, 0.15) is 5.69 Å². The molecule has 1 aliphatic rings. The number of hydrogen-bond donors (Lipinski definition) is 1. The third-order valence-electron chi connectivity index (χ3n) is 5.66. The second-order valence-corrected chi connectivity index (χ2v) is 9.39. The lowest BCUT2D eigenvalue weighted by Crippen LogP contribution is -2.48. The van der Waals surface area contributed by atoms with E-state index in [-0.39, 0.29) is 12.1 Å². The van der Waals surface area contributed by atoms with Crippen molar-refractivity contribution in [3.8, 4) is 10.6 Å². The molecule has 7 nitrogen and oxygen atoms in total. The fourth-order valence-electron chi connectivity index (χ4n) is 3.93. The maximum atomic E-state index is 12.3. The zero-order chi connectivity index (χ0) is 21.1. The average Bonchev–Trinajstić information content (AvgIpc) is 3.41. The summed E-state index contributed by atoms with van der Waals surface area (Å²) in [7, 11) is 0. The van der Waals surface area contributed by atoms with Gasteiger partial charge in [0.25, 0.3) is 5.56 Å². The van der Waals surface area contributed by atoms with E-state index in [9.17, 15) is 9.90 Å². The number of aromatic nitrogens is 4. The van der Waals surface area contributed by atoms with E-state index in [0.717, 1.165) is 41.9 Å². The van der Waals surface area contributed by atoms with Crippen molar-refractivity contribution in [2.24, 2.45) is 0 Å². The van der Waals surface area contributed by atoms with Gasteiger partial charge in [-0.3, -0.25) is 9.69 Å². The Bertz CT molecular complexity index is 1040. The van der Waals surface area contributed by atoms with E-state index in [0.29, 0.717) is 12.8 Å². The quantitative estimate of drug-likeness (QED) is 0.564. The third kappa shape index (κ3) is 4.54. The van der Waals surface area contributed by atoms with Crippen LogP contribution >= 0.6 is 23.1 Å². The molecule has 1 saturated heterocycles. The van der Waals surface area contributed by atoms with E-state index in [2.05, 4.69) is 26.5 Å². The van der Waals surface area contributed by atoms with E-state index in [1.807, 2.05) is 30.0 Å². The summed E-state index contributed by atoms with van der Waals surface area (Å²) in [6.45, 7) is 5.64. The number of piperidine rings is 1. The highest BCUT2D eigenvalue weighted by atomic mass is 32.2. The molecule has 0 unspecified atom stereocenters. The first kappa shape index (κ1) is 21.3. The molecule has 1 fully saturated rings. The van der Waals surface area contributed by atoms with Crippen molar-refractivity contribution >= 4 is 23.1 Å². The van der Waals surface area contributed by atoms with Crippen LogP contribution in [0.15, 0.2) is 45.8 Å². The Morgan fingerprint density at radius 2 is 2.07 bits per heavy atom. The molecule has 0 bridgehead atoms. The molecule has 30 heavy (non-hydrogen) atoms. The van der Waals surface area contributed by atoms with Crippen molar-refractivity contribution < 1.29 is 5.11 Å². The predicted octanol–water partition coefficient (Wildman–Crippen LogP) is 2.94. The average molecular weight is 446 g/mol. The Hall–Kier alpha value is -1.94. The van der Waals surface area contributed by atoms with Crippen molar-refractivity contribution in [3.63, 3.8) is 0 Å². The Labute approximate surface area is 184 Å². The van der Waals surface area contributed by atoms with Crippen LogP contribution in [0.2, 0.25) is 0 Å². The molecular weight excluding hydrogens is 418 g/mol. The summed E-state index contributed by atoms with van der Waals surface area (Å²) in [6.07, 6.45) is 5.22. The van der Waals surface area contributed by atoms with Gasteiger partial charge in [-0.05, 0) is 43.5 Å². The Balaban J connectivity index is 1.42. The molecule has 4 heterocycles. The highest BCUT2D eigenvalue weighted by molar-refractivity contribution is 7.98. The molecule has 0 spiro atoms. The Kier molecular flexibility index (Phi) is 6.43. The van der Waals surface area contributed by atoms with Crippen LogP contribution in [-0.4, -0.2) is 54.3 Å². The Morgan fingerprint density at radius 3 is 2.73 bits per heavy atom. The van der Waals surface area contributed by atoms with E-state index < -0.39 is 5.60 Å². The molecule has 1 aliphatic heterocycles. The molecule has 1 N–H and O–H groups in total. The van der Waals surface area contributed by atoms with Gasteiger partial charge in [0, 0.05) is 32.2 Å². The molecule has 0 radical (unpaired) electrons. The monoisotopic (exact) mass is 445 g/mol. The highest BCUT2D eigenvalue weighted by Gasteiger charge is 2.33. The van der Waals surface area contributed by atoms with Crippen LogP contribution in [0.25, 0.3) is 10.6 Å². The normalized spacial score (nSPS) is 16.8. The summed E-state index contributed by atoms with van der Waals surface area (Å²) in [5.41, 5.74) is 0.871. The summed E-state index contributed by atoms with van der Waals surface area (Å²) < 4.78 is 3.66. The molecule has 3 aromatic rings. The summed E-state index contributed by atoms with van der Waals surface area (Å²) in [5.74, 6) is 0. The van der Waals surface area contributed by atoms with Gasteiger partial charge in [-0.1, -0.05) is 17.8 Å². The van der Waals surface area contributed by atoms with E-state index >= 15 is 0 Å².